The minimum Gasteiger partial charge on any atom is -0.258 e. The monoisotopic (exact) mass is 344 g/mol. The van der Waals surface area contributed by atoms with E-state index in [1.54, 1.807) is 0 Å². The van der Waals surface area contributed by atoms with Crippen LogP contribution < -0.4 is 0 Å². The average Bonchev–Trinajstić information content (AvgIpc) is 2.46. The normalized spacial score (nSPS) is 11.2. The van der Waals surface area contributed by atoms with Gasteiger partial charge in [-0.1, -0.05) is 0 Å². The Hall–Kier alpha value is -2.95. The van der Waals surface area contributed by atoms with Crippen LogP contribution in [0, 0.1) is 31.9 Å². The third-order valence-electron chi connectivity index (χ3n) is 2.81. The number of nitrogens with zero attached hydrogens (tertiary/aromatic N) is 2. The molecule has 0 saturated heterocycles. The second-order valence-electron chi connectivity index (χ2n) is 4.24. The number of sulfone groups is 1. The van der Waals surface area contributed by atoms with Gasteiger partial charge in [0.2, 0.25) is 9.84 Å². The molecule has 11 heteroatoms. The summed E-state index contributed by atoms with van der Waals surface area (Å²) in [6.45, 7) is 0. The predicted molar refractivity (Wildman–Crippen MR) is 71.6 cm³/mol. The Morgan fingerprint density at radius 2 is 1.13 bits per heavy atom. The second-order valence-corrected chi connectivity index (χ2v) is 6.13. The van der Waals surface area contributed by atoms with Gasteiger partial charge in [-0.25, -0.2) is 17.2 Å². The number of rotatable bonds is 4. The van der Waals surface area contributed by atoms with Gasteiger partial charge in [-0.3, -0.25) is 20.2 Å². The molecule has 0 atom stereocenters. The summed E-state index contributed by atoms with van der Waals surface area (Å²) in [6.07, 6.45) is 0. The van der Waals surface area contributed by atoms with Crippen LogP contribution in [0.3, 0.4) is 0 Å². The first kappa shape index (κ1) is 16.4. The molecule has 23 heavy (non-hydrogen) atoms. The van der Waals surface area contributed by atoms with Crippen molar-refractivity contribution in [3.63, 3.8) is 0 Å². The molecule has 0 spiro atoms. The largest absolute Gasteiger partial charge is 0.291 e. The first-order valence-corrected chi connectivity index (χ1v) is 7.26. The van der Waals surface area contributed by atoms with Gasteiger partial charge in [0.1, 0.15) is 21.4 Å². The van der Waals surface area contributed by atoms with Crippen LogP contribution in [0.4, 0.5) is 20.2 Å². The third kappa shape index (κ3) is 2.99. The lowest BCUT2D eigenvalue weighted by Gasteiger charge is -2.06. The summed E-state index contributed by atoms with van der Waals surface area (Å²) in [5.41, 5.74) is -2.16. The van der Waals surface area contributed by atoms with Gasteiger partial charge in [0.05, 0.1) is 22.0 Å². The number of hydrogen-bond acceptors (Lipinski definition) is 6. The van der Waals surface area contributed by atoms with Crippen molar-refractivity contribution in [3.8, 4) is 0 Å². The van der Waals surface area contributed by atoms with Crippen molar-refractivity contribution in [3.05, 3.63) is 68.3 Å². The SMILES string of the molecule is O=[N+]([O-])c1cc(F)ccc1S(=O)(=O)c1ccc(F)cc1[N+](=O)[O-]. The van der Waals surface area contributed by atoms with E-state index in [9.17, 15) is 37.4 Å². The van der Waals surface area contributed by atoms with Gasteiger partial charge in [-0.05, 0) is 24.3 Å². The molecule has 0 bridgehead atoms. The Morgan fingerprint density at radius 1 is 0.783 bits per heavy atom. The van der Waals surface area contributed by atoms with Gasteiger partial charge in [0.15, 0.2) is 0 Å². The molecule has 0 heterocycles. The summed E-state index contributed by atoms with van der Waals surface area (Å²) in [5, 5.41) is 21.8. The highest BCUT2D eigenvalue weighted by Crippen LogP contribution is 2.34. The van der Waals surface area contributed by atoms with Crippen LogP contribution in [0.2, 0.25) is 0 Å². The van der Waals surface area contributed by atoms with E-state index in [0.29, 0.717) is 36.4 Å². The van der Waals surface area contributed by atoms with E-state index < -0.39 is 52.5 Å². The number of halogens is 2. The van der Waals surface area contributed by atoms with Gasteiger partial charge in [-0.2, -0.15) is 0 Å². The van der Waals surface area contributed by atoms with Crippen molar-refractivity contribution in [1.29, 1.82) is 0 Å². The van der Waals surface area contributed by atoms with Crippen LogP contribution in [0.15, 0.2) is 46.2 Å². The van der Waals surface area contributed by atoms with Crippen molar-refractivity contribution < 1.29 is 27.0 Å². The van der Waals surface area contributed by atoms with E-state index >= 15 is 0 Å². The molecule has 2 aromatic carbocycles. The zero-order valence-corrected chi connectivity index (χ0v) is 11.8. The smallest absolute Gasteiger partial charge is 0.258 e. The minimum absolute atomic E-state index is 0.377. The Morgan fingerprint density at radius 3 is 1.43 bits per heavy atom. The van der Waals surface area contributed by atoms with Crippen molar-refractivity contribution in [2.24, 2.45) is 0 Å². The van der Waals surface area contributed by atoms with Crippen LogP contribution in [0.1, 0.15) is 0 Å². The van der Waals surface area contributed by atoms with Crippen molar-refractivity contribution >= 4 is 21.2 Å². The van der Waals surface area contributed by atoms with Crippen molar-refractivity contribution in [2.75, 3.05) is 0 Å². The lowest BCUT2D eigenvalue weighted by molar-refractivity contribution is -0.388. The van der Waals surface area contributed by atoms with Crippen LogP contribution in [0.5, 0.6) is 0 Å². The molecule has 0 aliphatic carbocycles. The first-order valence-electron chi connectivity index (χ1n) is 5.77. The summed E-state index contributed by atoms with van der Waals surface area (Å²) in [6, 6.07) is 3.32. The lowest BCUT2D eigenvalue weighted by Crippen LogP contribution is -2.09. The second kappa shape index (κ2) is 5.68. The van der Waals surface area contributed by atoms with Gasteiger partial charge < -0.3 is 0 Å². The maximum atomic E-state index is 13.1. The van der Waals surface area contributed by atoms with Gasteiger partial charge >= 0.3 is 0 Å². The minimum atomic E-state index is -4.74. The summed E-state index contributed by atoms with van der Waals surface area (Å²) >= 11 is 0. The summed E-state index contributed by atoms with van der Waals surface area (Å²) in [5.74, 6) is -2.10. The molecule has 0 aromatic heterocycles. The molecule has 0 radical (unpaired) electrons. The topological polar surface area (TPSA) is 120 Å². The highest BCUT2D eigenvalue weighted by atomic mass is 32.2. The number of hydrogen-bond donors (Lipinski definition) is 0. The Balaban J connectivity index is 2.79. The standard InChI is InChI=1S/C12H6F2N2O6S/c13-7-1-3-11(9(5-7)15(17)18)23(21,22)12-4-2-8(14)6-10(12)16(19)20/h1-6H. The van der Waals surface area contributed by atoms with E-state index in [4.69, 9.17) is 0 Å². The average molecular weight is 344 g/mol. The molecule has 120 valence electrons. The molecule has 0 unspecified atom stereocenters. The first-order chi connectivity index (χ1) is 10.6. The maximum Gasteiger partial charge on any atom is 0.291 e. The van der Waals surface area contributed by atoms with Crippen LogP contribution >= 0.6 is 0 Å². The van der Waals surface area contributed by atoms with E-state index in [2.05, 4.69) is 0 Å². The lowest BCUT2D eigenvalue weighted by atomic mass is 10.3. The summed E-state index contributed by atoms with van der Waals surface area (Å²) in [4.78, 5) is 17.7. The summed E-state index contributed by atoms with van der Waals surface area (Å²) in [7, 11) is -4.74. The highest BCUT2D eigenvalue weighted by molar-refractivity contribution is 7.91. The van der Waals surface area contributed by atoms with Crippen LogP contribution in [-0.4, -0.2) is 18.3 Å². The molecule has 0 aliphatic heterocycles. The maximum absolute atomic E-state index is 13.1. The molecule has 2 rings (SSSR count). The van der Waals surface area contributed by atoms with Crippen molar-refractivity contribution in [2.45, 2.75) is 9.79 Å². The number of nitro benzene ring substituents is 2. The van der Waals surface area contributed by atoms with E-state index in [1.807, 2.05) is 0 Å². The molecule has 0 fully saturated rings. The number of nitro groups is 2. The zero-order chi connectivity index (χ0) is 17.4. The summed E-state index contributed by atoms with van der Waals surface area (Å²) < 4.78 is 51.1. The van der Waals surface area contributed by atoms with Gasteiger partial charge in [0, 0.05) is 0 Å². The fourth-order valence-electron chi connectivity index (χ4n) is 1.84. The molecule has 0 saturated carbocycles. The Bertz CT molecular complexity index is 860. The predicted octanol–water partition coefficient (Wildman–Crippen LogP) is 2.61. The molecule has 2 aromatic rings. The van der Waals surface area contributed by atoms with E-state index in [-0.39, 0.29) is 0 Å². The third-order valence-corrected chi connectivity index (χ3v) is 4.66. The molecule has 0 aliphatic rings. The Labute approximate surface area is 127 Å². The molecular weight excluding hydrogens is 338 g/mol. The van der Waals surface area contributed by atoms with Crippen LogP contribution in [0.25, 0.3) is 0 Å². The van der Waals surface area contributed by atoms with Gasteiger partial charge in [-0.15, -0.1) is 0 Å². The Kier molecular flexibility index (Phi) is 4.06. The zero-order valence-electron chi connectivity index (χ0n) is 11.0. The highest BCUT2D eigenvalue weighted by Gasteiger charge is 2.33. The quantitative estimate of drug-likeness (QED) is 0.477. The number of benzene rings is 2. The van der Waals surface area contributed by atoms with E-state index in [1.165, 1.54) is 0 Å². The molecule has 0 N–H and O–H groups in total. The molecule has 8 nitrogen and oxygen atoms in total. The molecular formula is C12H6F2N2O6S. The fraction of sp³-hybridized carbons (Fsp3) is 0. The van der Waals surface area contributed by atoms with Crippen LogP contribution in [-0.2, 0) is 9.84 Å². The van der Waals surface area contributed by atoms with Crippen molar-refractivity contribution in [1.82, 2.24) is 0 Å². The molecule has 0 amide bonds. The van der Waals surface area contributed by atoms with Gasteiger partial charge in [0.25, 0.3) is 11.4 Å². The van der Waals surface area contributed by atoms with E-state index in [0.717, 1.165) is 0 Å². The fourth-order valence-corrected chi connectivity index (χ4v) is 3.39.